The number of anilines is 2. The van der Waals surface area contributed by atoms with Gasteiger partial charge in [-0.1, -0.05) is 19.1 Å². The molecule has 7 heteroatoms. The first-order chi connectivity index (χ1) is 11.5. The highest BCUT2D eigenvalue weighted by atomic mass is 16.5. The van der Waals surface area contributed by atoms with Crippen LogP contribution in [-0.4, -0.2) is 36.9 Å². The van der Waals surface area contributed by atoms with Crippen LogP contribution in [0.25, 0.3) is 0 Å². The Bertz CT molecular complexity index is 677. The van der Waals surface area contributed by atoms with Gasteiger partial charge in [0.2, 0.25) is 0 Å². The Morgan fingerprint density at radius 2 is 1.92 bits per heavy atom. The average molecular weight is 328 g/mol. The molecule has 24 heavy (non-hydrogen) atoms. The third-order valence-corrected chi connectivity index (χ3v) is 3.51. The van der Waals surface area contributed by atoms with Crippen molar-refractivity contribution < 1.29 is 19.6 Å². The molecule has 0 spiro atoms. The summed E-state index contributed by atoms with van der Waals surface area (Å²) in [6, 6.07) is 13.4. The molecule has 0 aliphatic carbocycles. The Hall–Kier alpha value is -2.51. The number of methoxy groups -OCH3 is 1. The van der Waals surface area contributed by atoms with Crippen LogP contribution in [0.1, 0.15) is 13.3 Å². The van der Waals surface area contributed by atoms with Gasteiger partial charge in [-0.05, 0) is 48.3 Å². The van der Waals surface area contributed by atoms with Gasteiger partial charge in [0.1, 0.15) is 5.75 Å². The van der Waals surface area contributed by atoms with Gasteiger partial charge >= 0.3 is 13.1 Å². The maximum Gasteiger partial charge on any atom is 0.488 e. The van der Waals surface area contributed by atoms with Crippen LogP contribution < -0.4 is 20.4 Å². The lowest BCUT2D eigenvalue weighted by Crippen LogP contribution is -2.37. The smallest absolute Gasteiger partial charge is 0.488 e. The van der Waals surface area contributed by atoms with Crippen molar-refractivity contribution in [3.05, 3.63) is 48.5 Å². The van der Waals surface area contributed by atoms with Crippen LogP contribution in [0.4, 0.5) is 16.2 Å². The van der Waals surface area contributed by atoms with Crippen molar-refractivity contribution >= 4 is 30.0 Å². The number of carbonyl (C=O) groups is 1. The second kappa shape index (κ2) is 8.38. The Morgan fingerprint density at radius 1 is 1.21 bits per heavy atom. The fourth-order valence-electron chi connectivity index (χ4n) is 2.29. The van der Waals surface area contributed by atoms with Crippen molar-refractivity contribution in [1.82, 2.24) is 0 Å². The quantitative estimate of drug-likeness (QED) is 0.707. The summed E-state index contributed by atoms with van der Waals surface area (Å²) in [6.07, 6.45) is 0.766. The Labute approximate surface area is 141 Å². The molecule has 2 aromatic carbocycles. The predicted octanol–water partition coefficient (Wildman–Crippen LogP) is 1.82. The number of nitrogens with zero attached hydrogens (tertiary/aromatic N) is 1. The maximum atomic E-state index is 12.6. The van der Waals surface area contributed by atoms with Crippen LogP contribution in [-0.2, 0) is 0 Å². The highest BCUT2D eigenvalue weighted by molar-refractivity contribution is 6.58. The number of urea groups is 1. The van der Waals surface area contributed by atoms with Crippen LogP contribution in [0.15, 0.2) is 48.5 Å². The number of carbonyl (C=O) groups excluding carboxylic acids is 1. The summed E-state index contributed by atoms with van der Waals surface area (Å²) in [6.45, 7) is 2.48. The van der Waals surface area contributed by atoms with Crippen molar-refractivity contribution in [2.45, 2.75) is 13.3 Å². The highest BCUT2D eigenvalue weighted by Gasteiger charge is 2.18. The zero-order valence-electron chi connectivity index (χ0n) is 13.8. The zero-order valence-corrected chi connectivity index (χ0v) is 13.8. The van der Waals surface area contributed by atoms with Crippen molar-refractivity contribution in [3.8, 4) is 5.75 Å². The van der Waals surface area contributed by atoms with Gasteiger partial charge in [-0.2, -0.15) is 0 Å². The normalized spacial score (nSPS) is 10.2. The molecule has 126 valence electrons. The monoisotopic (exact) mass is 328 g/mol. The molecule has 0 aromatic heterocycles. The number of benzene rings is 2. The molecule has 0 saturated heterocycles. The minimum Gasteiger partial charge on any atom is -0.497 e. The van der Waals surface area contributed by atoms with Crippen molar-refractivity contribution in [2.75, 3.05) is 23.9 Å². The van der Waals surface area contributed by atoms with E-state index in [1.165, 1.54) is 0 Å². The van der Waals surface area contributed by atoms with E-state index in [9.17, 15) is 14.8 Å². The van der Waals surface area contributed by atoms with Gasteiger partial charge in [0.25, 0.3) is 0 Å². The van der Waals surface area contributed by atoms with E-state index < -0.39 is 7.12 Å². The topological polar surface area (TPSA) is 82.0 Å². The Morgan fingerprint density at radius 3 is 2.50 bits per heavy atom. The van der Waals surface area contributed by atoms with Crippen molar-refractivity contribution in [1.29, 1.82) is 0 Å². The number of amides is 2. The van der Waals surface area contributed by atoms with E-state index in [4.69, 9.17) is 4.74 Å². The molecule has 0 radical (unpaired) electrons. The number of rotatable bonds is 6. The van der Waals surface area contributed by atoms with E-state index in [-0.39, 0.29) is 6.03 Å². The van der Waals surface area contributed by atoms with Gasteiger partial charge in [-0.15, -0.1) is 0 Å². The lowest BCUT2D eigenvalue weighted by Gasteiger charge is -2.23. The summed E-state index contributed by atoms with van der Waals surface area (Å²) in [7, 11) is 0.0113. The molecule has 6 nitrogen and oxygen atoms in total. The van der Waals surface area contributed by atoms with E-state index in [0.29, 0.717) is 29.1 Å². The summed E-state index contributed by atoms with van der Waals surface area (Å²) in [4.78, 5) is 14.2. The lowest BCUT2D eigenvalue weighted by atomic mass is 9.80. The first-order valence-corrected chi connectivity index (χ1v) is 7.73. The van der Waals surface area contributed by atoms with E-state index >= 15 is 0 Å². The minimum absolute atomic E-state index is 0.286. The zero-order chi connectivity index (χ0) is 17.5. The number of ether oxygens (including phenoxy) is 1. The molecule has 0 fully saturated rings. The largest absolute Gasteiger partial charge is 0.497 e. The summed E-state index contributed by atoms with van der Waals surface area (Å²) in [5.74, 6) is 0.711. The van der Waals surface area contributed by atoms with Crippen LogP contribution in [0.5, 0.6) is 5.75 Å². The Balaban J connectivity index is 2.19. The molecule has 0 bridgehead atoms. The molecule has 0 atom stereocenters. The van der Waals surface area contributed by atoms with E-state index in [2.05, 4.69) is 5.32 Å². The summed E-state index contributed by atoms with van der Waals surface area (Å²) in [5.41, 5.74) is 1.60. The van der Waals surface area contributed by atoms with Crippen molar-refractivity contribution in [2.24, 2.45) is 0 Å². The van der Waals surface area contributed by atoms with Crippen LogP contribution >= 0.6 is 0 Å². The van der Waals surface area contributed by atoms with Gasteiger partial charge in [-0.3, -0.25) is 4.90 Å². The standard InChI is InChI=1S/C17H21BN2O4/c1-3-11-20(15-6-4-5-13(12-15)18(22)23)17(21)19-14-7-9-16(24-2)10-8-14/h4-10,12,22-23H,3,11H2,1-2H3,(H,19,21). The molecule has 0 aliphatic rings. The van der Waals surface area contributed by atoms with Crippen LogP contribution in [0, 0.1) is 0 Å². The molecular formula is C17H21BN2O4. The third kappa shape index (κ3) is 4.50. The molecule has 0 aliphatic heterocycles. The molecule has 3 N–H and O–H groups in total. The van der Waals surface area contributed by atoms with Gasteiger partial charge in [0.05, 0.1) is 7.11 Å². The molecule has 0 unspecified atom stereocenters. The molecule has 0 heterocycles. The number of hydrogen-bond donors (Lipinski definition) is 3. The van der Waals surface area contributed by atoms with Gasteiger partial charge in [0, 0.05) is 17.9 Å². The lowest BCUT2D eigenvalue weighted by molar-refractivity contribution is 0.257. The van der Waals surface area contributed by atoms with E-state index in [0.717, 1.165) is 6.42 Å². The summed E-state index contributed by atoms with van der Waals surface area (Å²) in [5, 5.41) is 21.4. The molecule has 2 amide bonds. The maximum absolute atomic E-state index is 12.6. The SMILES string of the molecule is CCCN(C(=O)Nc1ccc(OC)cc1)c1cccc(B(O)O)c1. The fourth-order valence-corrected chi connectivity index (χ4v) is 2.29. The summed E-state index contributed by atoms with van der Waals surface area (Å²) < 4.78 is 5.09. The van der Waals surface area contributed by atoms with Crippen LogP contribution in [0.2, 0.25) is 0 Å². The van der Waals surface area contributed by atoms with Gasteiger partial charge in [-0.25, -0.2) is 4.79 Å². The predicted molar refractivity (Wildman–Crippen MR) is 95.9 cm³/mol. The van der Waals surface area contributed by atoms with E-state index in [1.807, 2.05) is 6.92 Å². The minimum atomic E-state index is -1.57. The molecular weight excluding hydrogens is 307 g/mol. The van der Waals surface area contributed by atoms with Gasteiger partial charge < -0.3 is 20.1 Å². The number of hydrogen-bond acceptors (Lipinski definition) is 4. The van der Waals surface area contributed by atoms with Crippen LogP contribution in [0.3, 0.4) is 0 Å². The van der Waals surface area contributed by atoms with E-state index in [1.54, 1.807) is 60.5 Å². The Kier molecular flexibility index (Phi) is 6.23. The molecule has 2 aromatic rings. The first kappa shape index (κ1) is 17.8. The molecule has 2 rings (SSSR count). The first-order valence-electron chi connectivity index (χ1n) is 7.73. The fraction of sp³-hybridized carbons (Fsp3) is 0.235. The second-order valence-corrected chi connectivity index (χ2v) is 5.28. The molecule has 0 saturated carbocycles. The second-order valence-electron chi connectivity index (χ2n) is 5.28. The third-order valence-electron chi connectivity index (χ3n) is 3.51. The average Bonchev–Trinajstić information content (AvgIpc) is 2.60. The van der Waals surface area contributed by atoms with Crippen molar-refractivity contribution in [3.63, 3.8) is 0 Å². The summed E-state index contributed by atoms with van der Waals surface area (Å²) >= 11 is 0. The highest BCUT2D eigenvalue weighted by Crippen LogP contribution is 2.18. The number of nitrogens with one attached hydrogen (secondary N) is 1. The van der Waals surface area contributed by atoms with Gasteiger partial charge in [0.15, 0.2) is 0 Å².